The molecule has 2 aliphatic heterocycles. The van der Waals surface area contributed by atoms with Crippen molar-refractivity contribution in [1.29, 1.82) is 0 Å². The van der Waals surface area contributed by atoms with E-state index in [4.69, 9.17) is 14.6 Å². The summed E-state index contributed by atoms with van der Waals surface area (Å²) in [5.41, 5.74) is 2.96. The Morgan fingerprint density at radius 1 is 0.689 bits per heavy atom. The molecule has 12 rings (SSSR count). The number of nitrogens with zero attached hydrogens (tertiary/aromatic N) is 7. The maximum atomic E-state index is 13.6. The van der Waals surface area contributed by atoms with E-state index >= 15 is 0 Å². The summed E-state index contributed by atoms with van der Waals surface area (Å²) in [6, 6.07) is 9.70. The van der Waals surface area contributed by atoms with Crippen LogP contribution in [0, 0.1) is 44.9 Å². The standard InChI is InChI=1S/C20H17BrF2N4O2.C11H11BrN2O3.C9H8F2N2.2CH4/c21-16-6-17(25-11-24-16)29-10-19-7-20(8-19,9-19)18(28)27-15(1-2-26-27)12-3-13(22)5-14(23)4-12;12-7-1-8(14-6-13-7)17-5-10-2-11(3-10,4-10)9(15)16;10-7-3-6(4-8(11)5-7)9-1-2-12-13-9;;/h2-6,11,15H,1,7-10H2;1,6H,2-5H2,(H,15,16);2-5,9,13H,1H2;2*1H4. The minimum absolute atomic E-state index is 0. The number of hydrogen-bond acceptors (Lipinski definition) is 11. The zero-order chi connectivity index (χ0) is 41.6. The molecule has 0 spiro atoms. The number of aromatic nitrogens is 4. The van der Waals surface area contributed by atoms with E-state index in [1.807, 2.05) is 0 Å². The number of nitrogens with one attached hydrogen (secondary N) is 1. The fourth-order valence-electron chi connectivity index (χ4n) is 9.24. The molecule has 0 saturated heterocycles. The van der Waals surface area contributed by atoms with Crippen molar-refractivity contribution in [1.82, 2.24) is 30.4 Å². The molecule has 4 heterocycles. The Balaban J connectivity index is 0.000000165. The van der Waals surface area contributed by atoms with E-state index in [1.165, 1.54) is 41.9 Å². The lowest BCUT2D eigenvalue weighted by atomic mass is 9.35. The summed E-state index contributed by atoms with van der Waals surface area (Å²) in [4.78, 5) is 40.0. The number of benzene rings is 2. The highest BCUT2D eigenvalue weighted by Crippen LogP contribution is 2.74. The second kappa shape index (κ2) is 17.7. The molecule has 4 bridgehead atoms. The van der Waals surface area contributed by atoms with Crippen molar-refractivity contribution in [3.8, 4) is 11.8 Å². The Kier molecular flexibility index (Phi) is 13.2. The van der Waals surface area contributed by atoms with Gasteiger partial charge in [-0.05, 0) is 106 Å². The van der Waals surface area contributed by atoms with Crippen LogP contribution in [0.25, 0.3) is 0 Å². The third-order valence-corrected chi connectivity index (χ3v) is 12.6. The van der Waals surface area contributed by atoms with Gasteiger partial charge in [0.25, 0.3) is 0 Å². The van der Waals surface area contributed by atoms with Gasteiger partial charge in [0.15, 0.2) is 0 Å². The monoisotopic (exact) mass is 974 g/mol. The second-order valence-corrected chi connectivity index (χ2v) is 17.8. The molecule has 2 N–H and O–H groups in total. The van der Waals surface area contributed by atoms with E-state index < -0.39 is 46.1 Å². The Morgan fingerprint density at radius 3 is 1.61 bits per heavy atom. The van der Waals surface area contributed by atoms with Crippen LogP contribution in [0.3, 0.4) is 0 Å². The van der Waals surface area contributed by atoms with Crippen LogP contribution < -0.4 is 14.9 Å². The van der Waals surface area contributed by atoms with Crippen molar-refractivity contribution >= 4 is 56.2 Å². The second-order valence-electron chi connectivity index (χ2n) is 16.2. The van der Waals surface area contributed by atoms with Gasteiger partial charge in [0.1, 0.15) is 45.1 Å². The van der Waals surface area contributed by atoms with Gasteiger partial charge in [0.05, 0.1) is 36.1 Å². The number of rotatable bonds is 10. The fourth-order valence-corrected chi connectivity index (χ4v) is 9.82. The summed E-state index contributed by atoms with van der Waals surface area (Å²) in [6.07, 6.45) is 11.7. The first-order valence-electron chi connectivity index (χ1n) is 18.7. The van der Waals surface area contributed by atoms with Gasteiger partial charge in [-0.1, -0.05) is 14.9 Å². The van der Waals surface area contributed by atoms with Crippen molar-refractivity contribution in [2.75, 3.05) is 13.2 Å². The highest BCUT2D eigenvalue weighted by atomic mass is 79.9. The van der Waals surface area contributed by atoms with Crippen LogP contribution >= 0.6 is 31.9 Å². The predicted molar refractivity (Wildman–Crippen MR) is 223 cm³/mol. The molecule has 2 aromatic heterocycles. The molecule has 13 nitrogen and oxygen atoms in total. The van der Waals surface area contributed by atoms with Crippen molar-refractivity contribution in [3.05, 3.63) is 105 Å². The summed E-state index contributed by atoms with van der Waals surface area (Å²) in [5, 5.41) is 18.4. The molecule has 6 saturated carbocycles. The van der Waals surface area contributed by atoms with E-state index in [2.05, 4.69) is 67.4 Å². The van der Waals surface area contributed by atoms with Crippen LogP contribution in [0.15, 0.2) is 80.6 Å². The van der Waals surface area contributed by atoms with E-state index in [-0.39, 0.29) is 37.6 Å². The number of carboxylic acid groups (broad SMARTS) is 1. The first-order valence-corrected chi connectivity index (χ1v) is 20.3. The lowest BCUT2D eigenvalue weighted by Crippen LogP contribution is -2.69. The molecule has 2 unspecified atom stereocenters. The SMILES string of the molecule is C.C.Fc1cc(F)cc(C2CC=NN2)c1.O=C(N1N=CCC1c1cc(F)cc(F)c1)C12CC(COc3cc(Br)ncn3)(C1)C2.O=C(O)C12CC(COc3cc(Br)ncn3)(C1)C2. The van der Waals surface area contributed by atoms with Crippen LogP contribution in [-0.4, -0.2) is 67.6 Å². The van der Waals surface area contributed by atoms with Crippen LogP contribution in [0.5, 0.6) is 11.8 Å². The lowest BCUT2D eigenvalue weighted by molar-refractivity contribution is -0.231. The van der Waals surface area contributed by atoms with Gasteiger partial charge in [-0.3, -0.25) is 9.59 Å². The number of aliphatic carboxylic acids is 1. The van der Waals surface area contributed by atoms with Gasteiger partial charge in [0, 0.05) is 60.4 Å². The highest BCUT2D eigenvalue weighted by molar-refractivity contribution is 9.10. The van der Waals surface area contributed by atoms with Crippen molar-refractivity contribution in [3.63, 3.8) is 0 Å². The predicted octanol–water partition coefficient (Wildman–Crippen LogP) is 9.16. The molecular formula is C42H44Br2F4N8O5. The largest absolute Gasteiger partial charge is 0.481 e. The average Bonchev–Trinajstić information content (AvgIpc) is 3.83. The molecular weight excluding hydrogens is 932 g/mol. The molecule has 19 heteroatoms. The molecule has 0 radical (unpaired) electrons. The summed E-state index contributed by atoms with van der Waals surface area (Å²) >= 11 is 6.52. The van der Waals surface area contributed by atoms with Gasteiger partial charge in [-0.2, -0.15) is 10.2 Å². The summed E-state index contributed by atoms with van der Waals surface area (Å²) < 4.78 is 65.5. The highest BCUT2D eigenvalue weighted by Gasteiger charge is 2.73. The minimum Gasteiger partial charge on any atom is -0.481 e. The van der Waals surface area contributed by atoms with Gasteiger partial charge in [0.2, 0.25) is 17.7 Å². The van der Waals surface area contributed by atoms with E-state index in [1.54, 1.807) is 24.6 Å². The van der Waals surface area contributed by atoms with Crippen LogP contribution in [0.2, 0.25) is 0 Å². The van der Waals surface area contributed by atoms with E-state index in [0.717, 1.165) is 50.7 Å². The third kappa shape index (κ3) is 9.41. The fraction of sp³-hybridized carbons (Fsp3) is 0.429. The van der Waals surface area contributed by atoms with E-state index in [0.29, 0.717) is 58.1 Å². The number of amides is 1. The summed E-state index contributed by atoms with van der Waals surface area (Å²) in [5.74, 6) is -2.13. The number of carbonyl (C=O) groups is 2. The van der Waals surface area contributed by atoms with Crippen LogP contribution in [0.1, 0.15) is 89.4 Å². The molecule has 1 amide bonds. The molecule has 6 fully saturated rings. The number of hydrogen-bond donors (Lipinski definition) is 2. The first kappa shape index (κ1) is 45.5. The topological polar surface area (TPSA) is 164 Å². The van der Waals surface area contributed by atoms with Crippen molar-refractivity contribution < 1.29 is 41.7 Å². The van der Waals surface area contributed by atoms with Gasteiger partial charge in [-0.25, -0.2) is 42.5 Å². The zero-order valence-electron chi connectivity index (χ0n) is 31.1. The third-order valence-electron chi connectivity index (χ3n) is 11.7. The normalized spacial score (nSPS) is 27.6. The van der Waals surface area contributed by atoms with Crippen LogP contribution in [0.4, 0.5) is 17.6 Å². The van der Waals surface area contributed by atoms with Gasteiger partial charge >= 0.3 is 5.97 Å². The number of halogens is 6. The Labute approximate surface area is 366 Å². The number of carbonyl (C=O) groups excluding carboxylic acids is 1. The maximum absolute atomic E-state index is 13.6. The quantitative estimate of drug-likeness (QED) is 0.116. The number of hydrazone groups is 2. The molecule has 4 aromatic rings. The van der Waals surface area contributed by atoms with E-state index in [9.17, 15) is 27.2 Å². The first-order chi connectivity index (χ1) is 28.2. The average molecular weight is 977 g/mol. The molecule has 8 aliphatic rings. The van der Waals surface area contributed by atoms with Crippen molar-refractivity contribution in [2.45, 2.75) is 78.3 Å². The smallest absolute Gasteiger partial charge is 0.309 e. The molecule has 2 aromatic carbocycles. The minimum atomic E-state index is -0.663. The number of carboxylic acids is 1. The Hall–Kier alpha value is -5.04. The molecule has 61 heavy (non-hydrogen) atoms. The summed E-state index contributed by atoms with van der Waals surface area (Å²) in [7, 11) is 0. The Bertz CT molecular complexity index is 2270. The Morgan fingerprint density at radius 2 is 1.16 bits per heavy atom. The van der Waals surface area contributed by atoms with Crippen LogP contribution in [-0.2, 0) is 9.59 Å². The lowest BCUT2D eigenvalue weighted by Gasteiger charge is -2.69. The molecule has 324 valence electrons. The maximum Gasteiger partial charge on any atom is 0.309 e. The van der Waals surface area contributed by atoms with Crippen molar-refractivity contribution in [2.24, 2.45) is 31.9 Å². The van der Waals surface area contributed by atoms with Gasteiger partial charge in [-0.15, -0.1) is 0 Å². The zero-order valence-corrected chi connectivity index (χ0v) is 34.3. The molecule has 6 aliphatic carbocycles. The van der Waals surface area contributed by atoms with Gasteiger partial charge < -0.3 is 20.0 Å². The summed E-state index contributed by atoms with van der Waals surface area (Å²) in [6.45, 7) is 1.04. The number of ether oxygens (including phenoxy) is 2. The molecule has 2 atom stereocenters.